The van der Waals surface area contributed by atoms with Crippen LogP contribution in [0.3, 0.4) is 0 Å². The number of hydrogen-bond acceptors (Lipinski definition) is 4. The third kappa shape index (κ3) is 4.06. The largest absolute Gasteiger partial charge is 0.310 e. The predicted molar refractivity (Wildman–Crippen MR) is 172 cm³/mol. The van der Waals surface area contributed by atoms with Crippen LogP contribution < -0.4 is 4.90 Å². The number of nitrogens with zero attached hydrogens (tertiary/aromatic N) is 4. The van der Waals surface area contributed by atoms with Gasteiger partial charge in [0, 0.05) is 45.3 Å². The summed E-state index contributed by atoms with van der Waals surface area (Å²) < 4.78 is 3.46. The lowest BCUT2D eigenvalue weighted by atomic mass is 10.1. The van der Waals surface area contributed by atoms with Gasteiger partial charge in [0.05, 0.1) is 15.7 Å². The molecule has 3 aromatic heterocycles. The van der Waals surface area contributed by atoms with E-state index in [1.807, 2.05) is 6.07 Å². The first-order chi connectivity index (χ1) is 20.3. The third-order valence-corrected chi connectivity index (χ3v) is 8.54. The Hall–Kier alpha value is -5.26. The molecular formula is C36H24N4S. The average Bonchev–Trinajstić information content (AvgIpc) is 3.62. The number of para-hydroxylation sites is 3. The van der Waals surface area contributed by atoms with Crippen molar-refractivity contribution in [1.82, 2.24) is 14.5 Å². The quantitative estimate of drug-likeness (QED) is 0.216. The molecule has 0 fully saturated rings. The van der Waals surface area contributed by atoms with Gasteiger partial charge in [0.1, 0.15) is 5.01 Å². The second-order valence-corrected chi connectivity index (χ2v) is 11.0. The smallest absolute Gasteiger partial charge is 0.170 e. The predicted octanol–water partition coefficient (Wildman–Crippen LogP) is 9.93. The molecule has 0 saturated heterocycles. The first-order valence-corrected chi connectivity index (χ1v) is 14.4. The molecule has 0 amide bonds. The van der Waals surface area contributed by atoms with E-state index in [1.54, 1.807) is 17.5 Å². The highest BCUT2D eigenvalue weighted by Gasteiger charge is 2.17. The van der Waals surface area contributed by atoms with E-state index in [0.717, 1.165) is 43.7 Å². The van der Waals surface area contributed by atoms with Crippen LogP contribution in [0.1, 0.15) is 0 Å². The lowest BCUT2D eigenvalue weighted by Crippen LogP contribution is -2.09. The molecule has 0 radical (unpaired) electrons. The summed E-state index contributed by atoms with van der Waals surface area (Å²) in [6, 6.07) is 49.3. The molecule has 0 aliphatic rings. The Balaban J connectivity index is 1.27. The van der Waals surface area contributed by atoms with E-state index in [9.17, 15) is 0 Å². The maximum atomic E-state index is 4.75. The van der Waals surface area contributed by atoms with Gasteiger partial charge in [-0.15, -0.1) is 11.3 Å². The highest BCUT2D eigenvalue weighted by Crippen LogP contribution is 2.39. The number of aromatic nitrogens is 3. The van der Waals surface area contributed by atoms with E-state index in [0.29, 0.717) is 0 Å². The van der Waals surface area contributed by atoms with Crippen molar-refractivity contribution in [2.45, 2.75) is 0 Å². The number of rotatable bonds is 5. The SMILES string of the molecule is c1ccc(N(c2ccccc2)c2ccc3c(c2)c2ccccc2n3-c2ccc(-c3nc4ncccc4s3)cc2)cc1. The molecule has 0 N–H and O–H groups in total. The molecule has 4 nitrogen and oxygen atoms in total. The van der Waals surface area contributed by atoms with Gasteiger partial charge < -0.3 is 9.47 Å². The molecule has 0 bridgehead atoms. The number of anilines is 3. The van der Waals surface area contributed by atoms with Gasteiger partial charge in [-0.25, -0.2) is 9.97 Å². The minimum Gasteiger partial charge on any atom is -0.310 e. The van der Waals surface area contributed by atoms with Gasteiger partial charge in [0.25, 0.3) is 0 Å². The normalized spacial score (nSPS) is 11.4. The molecule has 8 rings (SSSR count). The molecule has 0 unspecified atom stereocenters. The van der Waals surface area contributed by atoms with Crippen molar-refractivity contribution in [3.63, 3.8) is 0 Å². The van der Waals surface area contributed by atoms with Crippen molar-refractivity contribution in [2.24, 2.45) is 0 Å². The Kier molecular flexibility index (Phi) is 5.61. The topological polar surface area (TPSA) is 34.0 Å². The molecule has 5 heteroatoms. The highest BCUT2D eigenvalue weighted by atomic mass is 32.1. The first-order valence-electron chi connectivity index (χ1n) is 13.6. The van der Waals surface area contributed by atoms with Crippen LogP contribution >= 0.6 is 11.3 Å². The van der Waals surface area contributed by atoms with Crippen LogP contribution in [0.4, 0.5) is 17.1 Å². The van der Waals surface area contributed by atoms with E-state index >= 15 is 0 Å². The monoisotopic (exact) mass is 544 g/mol. The second kappa shape index (κ2) is 9.73. The summed E-state index contributed by atoms with van der Waals surface area (Å²) in [4.78, 5) is 11.5. The van der Waals surface area contributed by atoms with E-state index in [-0.39, 0.29) is 0 Å². The fraction of sp³-hybridized carbons (Fsp3) is 0. The van der Waals surface area contributed by atoms with Crippen LogP contribution in [0.2, 0.25) is 0 Å². The van der Waals surface area contributed by atoms with Crippen molar-refractivity contribution >= 4 is 60.6 Å². The van der Waals surface area contributed by atoms with Gasteiger partial charge in [-0.3, -0.25) is 0 Å². The zero-order valence-electron chi connectivity index (χ0n) is 22.1. The van der Waals surface area contributed by atoms with E-state index in [4.69, 9.17) is 4.98 Å². The Bertz CT molecular complexity index is 2070. The van der Waals surface area contributed by atoms with Gasteiger partial charge >= 0.3 is 0 Å². The lowest BCUT2D eigenvalue weighted by molar-refractivity contribution is 1.18. The van der Waals surface area contributed by atoms with E-state index in [2.05, 4.69) is 148 Å². The van der Waals surface area contributed by atoms with Gasteiger partial charge in [-0.05, 0) is 84.9 Å². The third-order valence-electron chi connectivity index (χ3n) is 7.48. The molecule has 5 aromatic carbocycles. The van der Waals surface area contributed by atoms with Crippen LogP contribution in [0, 0.1) is 0 Å². The Morgan fingerprint density at radius 3 is 1.98 bits per heavy atom. The van der Waals surface area contributed by atoms with Crippen molar-refractivity contribution < 1.29 is 0 Å². The van der Waals surface area contributed by atoms with Crippen LogP contribution in [0.5, 0.6) is 0 Å². The molecule has 0 spiro atoms. The molecule has 194 valence electrons. The zero-order chi connectivity index (χ0) is 27.2. The molecule has 3 heterocycles. The highest BCUT2D eigenvalue weighted by molar-refractivity contribution is 7.21. The molecule has 41 heavy (non-hydrogen) atoms. The molecule has 0 aliphatic heterocycles. The summed E-state index contributed by atoms with van der Waals surface area (Å²) in [6.45, 7) is 0. The van der Waals surface area contributed by atoms with Crippen molar-refractivity contribution in [2.75, 3.05) is 4.90 Å². The van der Waals surface area contributed by atoms with Gasteiger partial charge in [0.15, 0.2) is 5.65 Å². The number of hydrogen-bond donors (Lipinski definition) is 0. The number of fused-ring (bicyclic) bond motifs is 4. The first kappa shape index (κ1) is 23.6. The fourth-order valence-corrected chi connectivity index (χ4v) is 6.56. The Morgan fingerprint density at radius 1 is 0.561 bits per heavy atom. The number of thiazole rings is 1. The summed E-state index contributed by atoms with van der Waals surface area (Å²) in [5.41, 5.74) is 8.75. The van der Waals surface area contributed by atoms with Crippen molar-refractivity contribution in [1.29, 1.82) is 0 Å². The maximum absolute atomic E-state index is 4.75. The minimum atomic E-state index is 0.801. The van der Waals surface area contributed by atoms with Crippen LogP contribution in [0.15, 0.2) is 146 Å². The lowest BCUT2D eigenvalue weighted by Gasteiger charge is -2.25. The summed E-state index contributed by atoms with van der Waals surface area (Å²) in [6.07, 6.45) is 1.79. The Morgan fingerprint density at radius 2 is 1.24 bits per heavy atom. The summed E-state index contributed by atoms with van der Waals surface area (Å²) in [5, 5.41) is 3.43. The number of pyridine rings is 1. The standard InChI is InChI=1S/C36H24N4S/c1-3-10-26(11-4-1)39(27-12-5-2-6-13-27)29-21-22-33-31(24-29)30-14-7-8-15-32(30)40(33)28-19-17-25(18-20-28)36-38-35-34(41-36)16-9-23-37-35/h1-24H. The molecule has 8 aromatic rings. The fourth-order valence-electron chi connectivity index (χ4n) is 5.63. The molecule has 0 aliphatic carbocycles. The number of benzene rings is 5. The van der Waals surface area contributed by atoms with E-state index < -0.39 is 0 Å². The van der Waals surface area contributed by atoms with Crippen molar-refractivity contribution in [3.8, 4) is 16.3 Å². The average molecular weight is 545 g/mol. The van der Waals surface area contributed by atoms with Gasteiger partial charge in [-0.1, -0.05) is 54.6 Å². The van der Waals surface area contributed by atoms with Gasteiger partial charge in [0.2, 0.25) is 0 Å². The van der Waals surface area contributed by atoms with E-state index in [1.165, 1.54) is 21.8 Å². The summed E-state index contributed by atoms with van der Waals surface area (Å²) in [7, 11) is 0. The second-order valence-electron chi connectivity index (χ2n) is 9.95. The van der Waals surface area contributed by atoms with Crippen molar-refractivity contribution in [3.05, 3.63) is 146 Å². The molecular weight excluding hydrogens is 520 g/mol. The zero-order valence-corrected chi connectivity index (χ0v) is 22.9. The van der Waals surface area contributed by atoms with Gasteiger partial charge in [-0.2, -0.15) is 0 Å². The Labute approximate surface area is 241 Å². The van der Waals surface area contributed by atoms with Crippen LogP contribution in [0.25, 0.3) is 48.4 Å². The van der Waals surface area contributed by atoms with Crippen LogP contribution in [-0.2, 0) is 0 Å². The maximum Gasteiger partial charge on any atom is 0.170 e. The molecule has 0 atom stereocenters. The van der Waals surface area contributed by atoms with Crippen LogP contribution in [-0.4, -0.2) is 14.5 Å². The summed E-state index contributed by atoms with van der Waals surface area (Å²) in [5.74, 6) is 0. The molecule has 0 saturated carbocycles. The minimum absolute atomic E-state index is 0.801. The summed E-state index contributed by atoms with van der Waals surface area (Å²) >= 11 is 1.67.